The molecule has 5 heteroatoms. The van der Waals surface area contributed by atoms with Gasteiger partial charge in [-0.3, -0.25) is 4.79 Å². The highest BCUT2D eigenvalue weighted by Gasteiger charge is 1.89. The number of ether oxygens (including phenoxy) is 3. The van der Waals surface area contributed by atoms with Crippen molar-refractivity contribution in [2.24, 2.45) is 0 Å². The highest BCUT2D eigenvalue weighted by atomic mass is 16.5. The average molecular weight is 272 g/mol. The number of carboxylic acids is 1. The third-order valence-electron chi connectivity index (χ3n) is 1.70. The molecule has 1 aromatic rings. The van der Waals surface area contributed by atoms with E-state index in [-0.39, 0.29) is 0 Å². The summed E-state index contributed by atoms with van der Waals surface area (Å²) in [5.41, 5.74) is 0. The fourth-order valence-corrected chi connectivity index (χ4v) is 0.916. The van der Waals surface area contributed by atoms with E-state index in [2.05, 4.69) is 0 Å². The smallest absolute Gasteiger partial charge is 0.300 e. The molecule has 1 N–H and O–H groups in total. The minimum Gasteiger partial charge on any atom is -0.497 e. The summed E-state index contributed by atoms with van der Waals surface area (Å²) in [5.74, 6) is 0.863. The Labute approximate surface area is 115 Å². The molecule has 0 saturated heterocycles. The SMILES string of the molecule is CC(=O)O.CCOCC.COc1ccc(OC)cc1. The number of benzene rings is 1. The number of aliphatic carboxylic acids is 1. The van der Waals surface area contributed by atoms with Gasteiger partial charge in [0.25, 0.3) is 5.97 Å². The van der Waals surface area contributed by atoms with Crippen LogP contribution in [-0.2, 0) is 9.53 Å². The van der Waals surface area contributed by atoms with E-state index in [9.17, 15) is 0 Å². The predicted octanol–water partition coefficient (Wildman–Crippen LogP) is 2.84. The van der Waals surface area contributed by atoms with Crippen molar-refractivity contribution in [3.63, 3.8) is 0 Å². The summed E-state index contributed by atoms with van der Waals surface area (Å²) < 4.78 is 14.7. The molecule has 1 aromatic carbocycles. The Balaban J connectivity index is 0. The van der Waals surface area contributed by atoms with Crippen LogP contribution >= 0.6 is 0 Å². The van der Waals surface area contributed by atoms with Gasteiger partial charge in [-0.2, -0.15) is 0 Å². The van der Waals surface area contributed by atoms with Crippen molar-refractivity contribution in [1.82, 2.24) is 0 Å². The van der Waals surface area contributed by atoms with Crippen molar-refractivity contribution in [2.45, 2.75) is 20.8 Å². The standard InChI is InChI=1S/C8H10O2.C4H10O.C2H4O2/c1-9-7-3-5-8(10-2)6-4-7;1-3-5-4-2;1-2(3)4/h3-6H,1-2H3;3-4H2,1-2H3;1H3,(H,3,4). The van der Waals surface area contributed by atoms with E-state index in [0.29, 0.717) is 0 Å². The van der Waals surface area contributed by atoms with E-state index >= 15 is 0 Å². The molecule has 0 heterocycles. The topological polar surface area (TPSA) is 65.0 Å². The lowest BCUT2D eigenvalue weighted by Gasteiger charge is -2.00. The first-order valence-electron chi connectivity index (χ1n) is 5.97. The van der Waals surface area contributed by atoms with Crippen LogP contribution in [0.3, 0.4) is 0 Å². The van der Waals surface area contributed by atoms with Crippen molar-refractivity contribution in [2.75, 3.05) is 27.4 Å². The van der Waals surface area contributed by atoms with Crippen LogP contribution in [-0.4, -0.2) is 38.5 Å². The van der Waals surface area contributed by atoms with Crippen molar-refractivity contribution >= 4 is 5.97 Å². The minimum absolute atomic E-state index is 0.833. The molecular formula is C14H24O5. The largest absolute Gasteiger partial charge is 0.497 e. The van der Waals surface area contributed by atoms with Gasteiger partial charge in [0.05, 0.1) is 14.2 Å². The first-order chi connectivity index (χ1) is 9.01. The van der Waals surface area contributed by atoms with Gasteiger partial charge in [-0.15, -0.1) is 0 Å². The normalized spacial score (nSPS) is 8.26. The summed E-state index contributed by atoms with van der Waals surface area (Å²) in [5, 5.41) is 7.42. The molecule has 0 aliphatic heterocycles. The molecule has 5 nitrogen and oxygen atoms in total. The first-order valence-corrected chi connectivity index (χ1v) is 5.97. The maximum atomic E-state index is 9.00. The molecule has 0 saturated carbocycles. The van der Waals surface area contributed by atoms with Gasteiger partial charge in [0.2, 0.25) is 0 Å². The van der Waals surface area contributed by atoms with Crippen LogP contribution in [0.4, 0.5) is 0 Å². The molecular weight excluding hydrogens is 248 g/mol. The third-order valence-corrected chi connectivity index (χ3v) is 1.70. The van der Waals surface area contributed by atoms with E-state index in [0.717, 1.165) is 31.6 Å². The fraction of sp³-hybridized carbons (Fsp3) is 0.500. The van der Waals surface area contributed by atoms with Gasteiger partial charge in [-0.25, -0.2) is 0 Å². The van der Waals surface area contributed by atoms with Gasteiger partial charge in [0, 0.05) is 20.1 Å². The van der Waals surface area contributed by atoms with Gasteiger partial charge in [-0.05, 0) is 38.1 Å². The number of methoxy groups -OCH3 is 2. The van der Waals surface area contributed by atoms with Crippen molar-refractivity contribution in [1.29, 1.82) is 0 Å². The van der Waals surface area contributed by atoms with Crippen molar-refractivity contribution in [3.8, 4) is 11.5 Å². The third kappa shape index (κ3) is 16.2. The molecule has 110 valence electrons. The van der Waals surface area contributed by atoms with Crippen LogP contribution in [0.2, 0.25) is 0 Å². The molecule has 0 aliphatic carbocycles. The van der Waals surface area contributed by atoms with Crippen molar-refractivity contribution in [3.05, 3.63) is 24.3 Å². The first kappa shape index (κ1) is 19.6. The number of carbonyl (C=O) groups is 1. The van der Waals surface area contributed by atoms with E-state index < -0.39 is 5.97 Å². The monoisotopic (exact) mass is 272 g/mol. The highest BCUT2D eigenvalue weighted by Crippen LogP contribution is 2.15. The summed E-state index contributed by atoms with van der Waals surface area (Å²) in [7, 11) is 3.28. The maximum absolute atomic E-state index is 9.00. The van der Waals surface area contributed by atoms with Crippen LogP contribution in [0.25, 0.3) is 0 Å². The molecule has 0 radical (unpaired) electrons. The van der Waals surface area contributed by atoms with E-state index in [1.807, 2.05) is 38.1 Å². The Kier molecular flexibility index (Phi) is 14.8. The predicted molar refractivity (Wildman–Crippen MR) is 75.0 cm³/mol. The number of hydrogen-bond donors (Lipinski definition) is 1. The van der Waals surface area contributed by atoms with E-state index in [1.54, 1.807) is 14.2 Å². The highest BCUT2D eigenvalue weighted by molar-refractivity contribution is 5.62. The Bertz CT molecular complexity index is 279. The van der Waals surface area contributed by atoms with Gasteiger partial charge in [0.1, 0.15) is 11.5 Å². The molecule has 0 aromatic heterocycles. The van der Waals surface area contributed by atoms with Crippen LogP contribution in [0, 0.1) is 0 Å². The summed E-state index contributed by atoms with van der Waals surface area (Å²) >= 11 is 0. The van der Waals surface area contributed by atoms with E-state index in [4.69, 9.17) is 24.1 Å². The molecule has 0 aliphatic rings. The molecule has 0 fully saturated rings. The Morgan fingerprint density at radius 2 is 1.26 bits per heavy atom. The number of rotatable bonds is 4. The summed E-state index contributed by atoms with van der Waals surface area (Å²) in [6.07, 6.45) is 0. The lowest BCUT2D eigenvalue weighted by atomic mass is 10.3. The number of carboxylic acid groups (broad SMARTS) is 1. The molecule has 0 spiro atoms. The van der Waals surface area contributed by atoms with Gasteiger partial charge >= 0.3 is 0 Å². The van der Waals surface area contributed by atoms with Crippen LogP contribution in [0.15, 0.2) is 24.3 Å². The molecule has 0 bridgehead atoms. The Morgan fingerprint density at radius 3 is 1.37 bits per heavy atom. The van der Waals surface area contributed by atoms with Gasteiger partial charge < -0.3 is 19.3 Å². The molecule has 1 rings (SSSR count). The van der Waals surface area contributed by atoms with Crippen molar-refractivity contribution < 1.29 is 24.1 Å². The van der Waals surface area contributed by atoms with Gasteiger partial charge in [-0.1, -0.05) is 0 Å². The average Bonchev–Trinajstić information content (AvgIpc) is 2.40. The van der Waals surface area contributed by atoms with E-state index in [1.165, 1.54) is 0 Å². The molecule has 0 unspecified atom stereocenters. The Hall–Kier alpha value is -1.75. The number of hydrogen-bond acceptors (Lipinski definition) is 4. The molecule has 0 atom stereocenters. The fourth-order valence-electron chi connectivity index (χ4n) is 0.916. The Morgan fingerprint density at radius 1 is 1.00 bits per heavy atom. The quantitative estimate of drug-likeness (QED) is 0.913. The summed E-state index contributed by atoms with van der Waals surface area (Å²) in [4.78, 5) is 9.00. The second kappa shape index (κ2) is 14.3. The van der Waals surface area contributed by atoms with Gasteiger partial charge in [0.15, 0.2) is 0 Å². The summed E-state index contributed by atoms with van der Waals surface area (Å²) in [6, 6.07) is 7.44. The zero-order valence-corrected chi connectivity index (χ0v) is 12.3. The maximum Gasteiger partial charge on any atom is 0.300 e. The molecule has 19 heavy (non-hydrogen) atoms. The minimum atomic E-state index is -0.833. The summed E-state index contributed by atoms with van der Waals surface area (Å²) in [6.45, 7) is 6.75. The van der Waals surface area contributed by atoms with Crippen LogP contribution in [0.5, 0.6) is 11.5 Å². The zero-order valence-electron chi connectivity index (χ0n) is 12.3. The lowest BCUT2D eigenvalue weighted by Crippen LogP contribution is -1.84. The second-order valence-corrected chi connectivity index (χ2v) is 3.18. The molecule has 0 amide bonds. The zero-order chi connectivity index (χ0) is 15.1. The van der Waals surface area contributed by atoms with Crippen LogP contribution < -0.4 is 9.47 Å². The lowest BCUT2D eigenvalue weighted by molar-refractivity contribution is -0.134. The second-order valence-electron chi connectivity index (χ2n) is 3.18. The van der Waals surface area contributed by atoms with Crippen LogP contribution in [0.1, 0.15) is 20.8 Å².